The molecule has 8 nitrogen and oxygen atoms in total. The van der Waals surface area contributed by atoms with E-state index >= 15 is 0 Å². The molecule has 1 unspecified atom stereocenters. The fourth-order valence-electron chi connectivity index (χ4n) is 4.41. The van der Waals surface area contributed by atoms with E-state index in [4.69, 9.17) is 14.5 Å². The minimum atomic E-state index is -3.71. The maximum atomic E-state index is 13.8. The molecule has 1 saturated heterocycles. The number of carbonyl (C=O) groups excluding carboxylic acids is 1. The molecule has 1 amide bonds. The van der Waals surface area contributed by atoms with Crippen LogP contribution in [0.2, 0.25) is 0 Å². The van der Waals surface area contributed by atoms with Gasteiger partial charge in [0.15, 0.2) is 5.13 Å². The molecule has 0 saturated carbocycles. The molecule has 38 heavy (non-hydrogen) atoms. The highest BCUT2D eigenvalue weighted by Crippen LogP contribution is 2.33. The van der Waals surface area contributed by atoms with E-state index in [9.17, 15) is 13.2 Å². The Morgan fingerprint density at radius 3 is 2.55 bits per heavy atom. The predicted octanol–water partition coefficient (Wildman–Crippen LogP) is 4.95. The molecule has 1 aliphatic rings. The first-order valence-corrected chi connectivity index (χ1v) is 14.6. The number of anilines is 1. The van der Waals surface area contributed by atoms with E-state index in [1.165, 1.54) is 27.8 Å². The van der Waals surface area contributed by atoms with Crippen molar-refractivity contribution in [1.29, 1.82) is 0 Å². The number of aromatic nitrogens is 1. The summed E-state index contributed by atoms with van der Waals surface area (Å²) < 4.78 is 39.4. The van der Waals surface area contributed by atoms with E-state index in [-0.39, 0.29) is 16.9 Å². The minimum absolute atomic E-state index is 0.0871. The normalized spacial score (nSPS) is 15.7. The van der Waals surface area contributed by atoms with Crippen LogP contribution in [0, 0.1) is 0 Å². The summed E-state index contributed by atoms with van der Waals surface area (Å²) in [6.45, 7) is 1.29. The number of sulfonamides is 1. The van der Waals surface area contributed by atoms with Gasteiger partial charge in [-0.2, -0.15) is 4.31 Å². The SMILES string of the molecule is COc1ccc2sc(N(Cc3ccccc3)C(=O)c3ccc(S(=O)(=O)N(C)CC4CCCO4)cc3)nc2c1. The van der Waals surface area contributed by atoms with Crippen LogP contribution < -0.4 is 9.64 Å². The van der Waals surface area contributed by atoms with Crippen molar-refractivity contribution in [3.8, 4) is 5.75 Å². The van der Waals surface area contributed by atoms with Gasteiger partial charge in [-0.05, 0) is 54.8 Å². The number of fused-ring (bicyclic) bond motifs is 1. The Morgan fingerprint density at radius 2 is 1.87 bits per heavy atom. The van der Waals surface area contributed by atoms with Gasteiger partial charge in [-0.1, -0.05) is 41.7 Å². The number of ether oxygens (including phenoxy) is 2. The van der Waals surface area contributed by atoms with Gasteiger partial charge in [0.05, 0.1) is 34.9 Å². The van der Waals surface area contributed by atoms with Crippen LogP contribution in [0.1, 0.15) is 28.8 Å². The molecule has 1 fully saturated rings. The Bertz CT molecular complexity index is 1520. The van der Waals surface area contributed by atoms with Gasteiger partial charge in [0.2, 0.25) is 10.0 Å². The van der Waals surface area contributed by atoms with Crippen LogP contribution in [0.5, 0.6) is 5.75 Å². The fraction of sp³-hybridized carbons (Fsp3) is 0.286. The van der Waals surface area contributed by atoms with Crippen LogP contribution in [-0.4, -0.2) is 57.0 Å². The average Bonchev–Trinajstić information content (AvgIpc) is 3.61. The highest BCUT2D eigenvalue weighted by atomic mass is 32.2. The summed E-state index contributed by atoms with van der Waals surface area (Å²) in [6, 6.07) is 21.4. The van der Waals surface area contributed by atoms with Crippen molar-refractivity contribution < 1.29 is 22.7 Å². The molecule has 198 valence electrons. The van der Waals surface area contributed by atoms with Crippen LogP contribution in [0.15, 0.2) is 77.7 Å². The number of hydrogen-bond acceptors (Lipinski definition) is 7. The number of carbonyl (C=O) groups is 1. The monoisotopic (exact) mass is 551 g/mol. The number of methoxy groups -OCH3 is 1. The summed E-state index contributed by atoms with van der Waals surface area (Å²) in [5.74, 6) is 0.424. The number of benzene rings is 3. The largest absolute Gasteiger partial charge is 0.497 e. The summed E-state index contributed by atoms with van der Waals surface area (Å²) in [5, 5.41) is 0.551. The number of rotatable bonds is 9. The van der Waals surface area contributed by atoms with Gasteiger partial charge in [0, 0.05) is 31.8 Å². The van der Waals surface area contributed by atoms with E-state index in [1.54, 1.807) is 31.2 Å². The number of nitrogens with zero attached hydrogens (tertiary/aromatic N) is 3. The minimum Gasteiger partial charge on any atom is -0.497 e. The Kier molecular flexibility index (Phi) is 7.75. The fourth-order valence-corrected chi connectivity index (χ4v) is 6.55. The lowest BCUT2D eigenvalue weighted by atomic mass is 10.1. The lowest BCUT2D eigenvalue weighted by Crippen LogP contribution is -2.34. The zero-order chi connectivity index (χ0) is 26.7. The molecule has 0 aliphatic carbocycles. The molecule has 0 spiro atoms. The van der Waals surface area contributed by atoms with Crippen molar-refractivity contribution >= 4 is 42.6 Å². The van der Waals surface area contributed by atoms with Gasteiger partial charge >= 0.3 is 0 Å². The Morgan fingerprint density at radius 1 is 1.11 bits per heavy atom. The Hall–Kier alpha value is -3.31. The van der Waals surface area contributed by atoms with E-state index in [1.807, 2.05) is 48.5 Å². The summed E-state index contributed by atoms with van der Waals surface area (Å²) in [4.78, 5) is 20.2. The molecule has 1 atom stereocenters. The van der Waals surface area contributed by atoms with Crippen LogP contribution in [0.25, 0.3) is 10.2 Å². The van der Waals surface area contributed by atoms with Gasteiger partial charge in [-0.3, -0.25) is 9.69 Å². The molecule has 10 heteroatoms. The van der Waals surface area contributed by atoms with Crippen molar-refractivity contribution in [2.24, 2.45) is 0 Å². The molecule has 1 aliphatic heterocycles. The van der Waals surface area contributed by atoms with Gasteiger partial charge in [0.25, 0.3) is 5.91 Å². The van der Waals surface area contributed by atoms with Gasteiger partial charge in [-0.25, -0.2) is 13.4 Å². The molecular weight excluding hydrogens is 522 g/mol. The smallest absolute Gasteiger partial charge is 0.260 e. The predicted molar refractivity (Wildman–Crippen MR) is 148 cm³/mol. The third kappa shape index (κ3) is 5.58. The van der Waals surface area contributed by atoms with Crippen LogP contribution in [-0.2, 0) is 21.3 Å². The zero-order valence-corrected chi connectivity index (χ0v) is 22.9. The molecule has 2 heterocycles. The van der Waals surface area contributed by atoms with E-state index in [0.717, 1.165) is 28.6 Å². The maximum Gasteiger partial charge on any atom is 0.260 e. The van der Waals surface area contributed by atoms with Crippen molar-refractivity contribution in [1.82, 2.24) is 9.29 Å². The second-order valence-electron chi connectivity index (χ2n) is 9.15. The van der Waals surface area contributed by atoms with E-state index < -0.39 is 10.0 Å². The number of likely N-dealkylation sites (N-methyl/N-ethyl adjacent to an activating group) is 1. The molecule has 1 aromatic heterocycles. The zero-order valence-electron chi connectivity index (χ0n) is 21.2. The van der Waals surface area contributed by atoms with Crippen molar-refractivity contribution in [3.63, 3.8) is 0 Å². The first-order valence-electron chi connectivity index (χ1n) is 12.3. The van der Waals surface area contributed by atoms with Gasteiger partial charge in [0.1, 0.15) is 5.75 Å². The third-order valence-corrected chi connectivity index (χ3v) is 9.43. The summed E-state index contributed by atoms with van der Waals surface area (Å²) in [5.41, 5.74) is 2.07. The third-order valence-electron chi connectivity index (χ3n) is 6.54. The van der Waals surface area contributed by atoms with Crippen LogP contribution in [0.4, 0.5) is 5.13 Å². The topological polar surface area (TPSA) is 89.0 Å². The molecule has 0 radical (unpaired) electrons. The van der Waals surface area contributed by atoms with Crippen LogP contribution in [0.3, 0.4) is 0 Å². The number of amides is 1. The molecule has 5 rings (SSSR count). The molecule has 4 aromatic rings. The first kappa shape index (κ1) is 26.3. The summed E-state index contributed by atoms with van der Waals surface area (Å²) >= 11 is 1.42. The molecular formula is C28H29N3O5S2. The summed E-state index contributed by atoms with van der Waals surface area (Å²) in [6.07, 6.45) is 1.70. The number of hydrogen-bond donors (Lipinski definition) is 0. The van der Waals surface area contributed by atoms with Crippen molar-refractivity contribution in [3.05, 3.63) is 83.9 Å². The first-order chi connectivity index (χ1) is 18.3. The Labute approximate surface area is 226 Å². The molecule has 3 aromatic carbocycles. The maximum absolute atomic E-state index is 13.8. The van der Waals surface area contributed by atoms with Crippen molar-refractivity contribution in [2.45, 2.75) is 30.4 Å². The standard InChI is InChI=1S/C28H29N3O5S2/c1-30(19-23-9-6-16-36-23)38(33,34)24-13-10-21(11-14-24)27(32)31(18-20-7-4-3-5-8-20)28-29-25-17-22(35-2)12-15-26(25)37-28/h3-5,7-8,10-15,17,23H,6,9,16,18-19H2,1-2H3. The molecule has 0 N–H and O–H groups in total. The van der Waals surface area contributed by atoms with Gasteiger partial charge in [-0.15, -0.1) is 0 Å². The number of thiazole rings is 1. The van der Waals surface area contributed by atoms with Crippen molar-refractivity contribution in [2.75, 3.05) is 32.2 Å². The quantitative estimate of drug-likeness (QED) is 0.292. The highest BCUT2D eigenvalue weighted by Gasteiger charge is 2.27. The highest BCUT2D eigenvalue weighted by molar-refractivity contribution is 7.89. The second-order valence-corrected chi connectivity index (χ2v) is 12.2. The van der Waals surface area contributed by atoms with E-state index in [0.29, 0.717) is 36.1 Å². The summed E-state index contributed by atoms with van der Waals surface area (Å²) in [7, 11) is -0.551. The lowest BCUT2D eigenvalue weighted by molar-refractivity contribution is 0.0978. The van der Waals surface area contributed by atoms with Gasteiger partial charge < -0.3 is 9.47 Å². The van der Waals surface area contributed by atoms with E-state index in [2.05, 4.69) is 0 Å². The second kappa shape index (κ2) is 11.2. The Balaban J connectivity index is 1.42. The average molecular weight is 552 g/mol. The van der Waals surface area contributed by atoms with Crippen LogP contribution >= 0.6 is 11.3 Å². The molecule has 0 bridgehead atoms. The lowest BCUT2D eigenvalue weighted by Gasteiger charge is -2.22.